The van der Waals surface area contributed by atoms with Crippen LogP contribution in [0.2, 0.25) is 0 Å². The van der Waals surface area contributed by atoms with Gasteiger partial charge >= 0.3 is 0 Å². The van der Waals surface area contributed by atoms with E-state index in [0.717, 1.165) is 32.6 Å². The van der Waals surface area contributed by atoms with Crippen LogP contribution in [0.25, 0.3) is 0 Å². The molecule has 4 nitrogen and oxygen atoms in total. The van der Waals surface area contributed by atoms with Gasteiger partial charge in [-0.2, -0.15) is 0 Å². The first-order valence-corrected chi connectivity index (χ1v) is 6.61. The summed E-state index contributed by atoms with van der Waals surface area (Å²) >= 11 is 0. The molecule has 0 spiro atoms. The summed E-state index contributed by atoms with van der Waals surface area (Å²) in [5, 5.41) is 0. The van der Waals surface area contributed by atoms with Crippen LogP contribution in [-0.2, 0) is 4.79 Å². The molecule has 1 rings (SSSR count). The second-order valence-corrected chi connectivity index (χ2v) is 5.90. The van der Waals surface area contributed by atoms with E-state index in [1.807, 2.05) is 7.05 Å². The highest BCUT2D eigenvalue weighted by Gasteiger charge is 2.29. The van der Waals surface area contributed by atoms with Crippen molar-refractivity contribution in [1.29, 1.82) is 0 Å². The average molecular weight is 241 g/mol. The molecule has 0 aromatic rings. The lowest BCUT2D eigenvalue weighted by molar-refractivity contribution is -0.130. The Kier molecular flexibility index (Phi) is 5.40. The Morgan fingerprint density at radius 2 is 2.18 bits per heavy atom. The molecule has 0 saturated carbocycles. The maximum Gasteiger partial charge on any atom is 0.223 e. The molecule has 0 radical (unpaired) electrons. The molecule has 0 unspecified atom stereocenters. The molecular formula is C13H27N3O. The van der Waals surface area contributed by atoms with Gasteiger partial charge in [0.15, 0.2) is 0 Å². The highest BCUT2D eigenvalue weighted by atomic mass is 16.2. The third kappa shape index (κ3) is 5.04. The zero-order chi connectivity index (χ0) is 12.9. The number of likely N-dealkylation sites (tertiary alicyclic amines) is 1. The van der Waals surface area contributed by atoms with E-state index >= 15 is 0 Å². The van der Waals surface area contributed by atoms with Crippen molar-refractivity contribution < 1.29 is 4.79 Å². The largest absolute Gasteiger partial charge is 0.346 e. The molecular weight excluding hydrogens is 214 g/mol. The summed E-state index contributed by atoms with van der Waals surface area (Å²) < 4.78 is 0. The normalized spacial score (nSPS) is 19.5. The average Bonchev–Trinajstić information content (AvgIpc) is 2.62. The molecule has 0 bridgehead atoms. The molecule has 0 atom stereocenters. The molecule has 1 aliphatic rings. The molecule has 4 heteroatoms. The molecule has 0 aliphatic carbocycles. The van der Waals surface area contributed by atoms with E-state index in [9.17, 15) is 4.79 Å². The molecule has 1 fully saturated rings. The third-order valence-corrected chi connectivity index (χ3v) is 3.52. The number of nitrogens with zero attached hydrogens (tertiary/aromatic N) is 2. The van der Waals surface area contributed by atoms with Crippen LogP contribution >= 0.6 is 0 Å². The predicted molar refractivity (Wildman–Crippen MR) is 70.8 cm³/mol. The SMILES string of the molecule is CN(CCCN)C(=O)CCN1CCC(C)(C)C1. The van der Waals surface area contributed by atoms with E-state index in [4.69, 9.17) is 5.73 Å². The van der Waals surface area contributed by atoms with Gasteiger partial charge in [0.05, 0.1) is 0 Å². The Hall–Kier alpha value is -0.610. The summed E-state index contributed by atoms with van der Waals surface area (Å²) in [5.41, 5.74) is 5.86. The van der Waals surface area contributed by atoms with Crippen LogP contribution in [0.5, 0.6) is 0 Å². The van der Waals surface area contributed by atoms with E-state index in [-0.39, 0.29) is 5.91 Å². The zero-order valence-corrected chi connectivity index (χ0v) is 11.5. The van der Waals surface area contributed by atoms with Crippen LogP contribution < -0.4 is 5.73 Å². The fourth-order valence-electron chi connectivity index (χ4n) is 2.31. The van der Waals surface area contributed by atoms with Gasteiger partial charge in [-0.1, -0.05) is 13.8 Å². The monoisotopic (exact) mass is 241 g/mol. The topological polar surface area (TPSA) is 49.6 Å². The van der Waals surface area contributed by atoms with Crippen LogP contribution in [0.4, 0.5) is 0 Å². The van der Waals surface area contributed by atoms with Gasteiger partial charge in [0.25, 0.3) is 0 Å². The molecule has 100 valence electrons. The first kappa shape index (κ1) is 14.5. The van der Waals surface area contributed by atoms with Gasteiger partial charge in [0.2, 0.25) is 5.91 Å². The lowest BCUT2D eigenvalue weighted by Crippen LogP contribution is -2.33. The Morgan fingerprint density at radius 3 is 2.71 bits per heavy atom. The first-order chi connectivity index (χ1) is 7.94. The van der Waals surface area contributed by atoms with Crippen molar-refractivity contribution in [3.05, 3.63) is 0 Å². The van der Waals surface area contributed by atoms with Crippen molar-refractivity contribution in [2.24, 2.45) is 11.1 Å². The molecule has 0 aromatic heterocycles. The van der Waals surface area contributed by atoms with Crippen molar-refractivity contribution in [2.45, 2.75) is 33.1 Å². The van der Waals surface area contributed by atoms with E-state index in [2.05, 4.69) is 18.7 Å². The van der Waals surface area contributed by atoms with Gasteiger partial charge in [-0.3, -0.25) is 4.79 Å². The number of rotatable bonds is 6. The van der Waals surface area contributed by atoms with Crippen molar-refractivity contribution in [3.63, 3.8) is 0 Å². The minimum absolute atomic E-state index is 0.239. The van der Waals surface area contributed by atoms with Gasteiger partial charge in [0.1, 0.15) is 0 Å². The van der Waals surface area contributed by atoms with Crippen LogP contribution in [0, 0.1) is 5.41 Å². The van der Waals surface area contributed by atoms with E-state index in [1.54, 1.807) is 4.90 Å². The number of hydrogen-bond acceptors (Lipinski definition) is 3. The maximum atomic E-state index is 11.8. The van der Waals surface area contributed by atoms with Crippen LogP contribution in [0.3, 0.4) is 0 Å². The zero-order valence-electron chi connectivity index (χ0n) is 11.5. The second-order valence-electron chi connectivity index (χ2n) is 5.90. The standard InChI is InChI=1S/C13H27N3O/c1-13(2)6-10-16(11-13)9-5-12(17)15(3)8-4-7-14/h4-11,14H2,1-3H3. The first-order valence-electron chi connectivity index (χ1n) is 6.61. The highest BCUT2D eigenvalue weighted by Crippen LogP contribution is 2.28. The third-order valence-electron chi connectivity index (χ3n) is 3.52. The Bertz CT molecular complexity index is 253. The van der Waals surface area contributed by atoms with Gasteiger partial charge in [-0.15, -0.1) is 0 Å². The van der Waals surface area contributed by atoms with Gasteiger partial charge in [-0.25, -0.2) is 0 Å². The molecule has 1 saturated heterocycles. The van der Waals surface area contributed by atoms with Crippen molar-refractivity contribution in [1.82, 2.24) is 9.80 Å². The summed E-state index contributed by atoms with van der Waals surface area (Å²) in [5.74, 6) is 0.239. The van der Waals surface area contributed by atoms with Gasteiger partial charge in [0, 0.05) is 33.1 Å². The fraction of sp³-hybridized carbons (Fsp3) is 0.923. The number of carbonyl (C=O) groups is 1. The van der Waals surface area contributed by atoms with Crippen molar-refractivity contribution in [3.8, 4) is 0 Å². The molecule has 1 heterocycles. The summed E-state index contributed by atoms with van der Waals surface area (Å²) in [6.07, 6.45) is 2.76. The van der Waals surface area contributed by atoms with Crippen LogP contribution in [0.1, 0.15) is 33.1 Å². The molecule has 1 aliphatic heterocycles. The van der Waals surface area contributed by atoms with Crippen LogP contribution in [-0.4, -0.2) is 55.5 Å². The Balaban J connectivity index is 2.20. The molecule has 1 amide bonds. The molecule has 17 heavy (non-hydrogen) atoms. The van der Waals surface area contributed by atoms with E-state index in [1.165, 1.54) is 6.42 Å². The van der Waals surface area contributed by atoms with E-state index < -0.39 is 0 Å². The van der Waals surface area contributed by atoms with Crippen LogP contribution in [0.15, 0.2) is 0 Å². The fourth-order valence-corrected chi connectivity index (χ4v) is 2.31. The quantitative estimate of drug-likeness (QED) is 0.752. The predicted octanol–water partition coefficient (Wildman–Crippen LogP) is 0.916. The summed E-state index contributed by atoms with van der Waals surface area (Å²) in [6, 6.07) is 0. The van der Waals surface area contributed by atoms with Gasteiger partial charge < -0.3 is 15.5 Å². The number of amides is 1. The maximum absolute atomic E-state index is 11.8. The molecule has 2 N–H and O–H groups in total. The van der Waals surface area contributed by atoms with Gasteiger partial charge in [-0.05, 0) is 31.3 Å². The number of hydrogen-bond donors (Lipinski definition) is 1. The Labute approximate surface area is 105 Å². The number of carbonyl (C=O) groups excluding carboxylic acids is 1. The highest BCUT2D eigenvalue weighted by molar-refractivity contribution is 5.76. The number of nitrogens with two attached hydrogens (primary N) is 1. The molecule has 0 aromatic carbocycles. The smallest absolute Gasteiger partial charge is 0.223 e. The minimum Gasteiger partial charge on any atom is -0.346 e. The van der Waals surface area contributed by atoms with Crippen molar-refractivity contribution in [2.75, 3.05) is 39.8 Å². The second kappa shape index (κ2) is 6.36. The lowest BCUT2D eigenvalue weighted by atomic mass is 9.93. The van der Waals surface area contributed by atoms with Crippen molar-refractivity contribution >= 4 is 5.91 Å². The minimum atomic E-state index is 0.239. The summed E-state index contributed by atoms with van der Waals surface area (Å²) in [4.78, 5) is 16.0. The lowest BCUT2D eigenvalue weighted by Gasteiger charge is -2.21. The Morgan fingerprint density at radius 1 is 1.47 bits per heavy atom. The van der Waals surface area contributed by atoms with E-state index in [0.29, 0.717) is 18.4 Å². The summed E-state index contributed by atoms with van der Waals surface area (Å²) in [7, 11) is 1.87. The summed E-state index contributed by atoms with van der Waals surface area (Å²) in [6.45, 7) is 9.16.